The third kappa shape index (κ3) is 3.28. The molecule has 0 saturated carbocycles. The van der Waals surface area contributed by atoms with Crippen LogP contribution in [0.15, 0.2) is 18.2 Å². The fourth-order valence-corrected chi connectivity index (χ4v) is 3.16. The van der Waals surface area contributed by atoms with Gasteiger partial charge in [-0.05, 0) is 43.9 Å². The lowest BCUT2D eigenvalue weighted by molar-refractivity contribution is 0.0224. The van der Waals surface area contributed by atoms with Gasteiger partial charge in [0.05, 0.1) is 6.54 Å². The molecule has 0 aliphatic carbocycles. The van der Waals surface area contributed by atoms with Gasteiger partial charge >= 0.3 is 6.09 Å². The average Bonchev–Trinajstić information content (AvgIpc) is 2.81. The van der Waals surface area contributed by atoms with Crippen LogP contribution in [0.25, 0.3) is 10.9 Å². The molecule has 0 saturated heterocycles. The fourth-order valence-electron chi connectivity index (χ4n) is 3.16. The highest BCUT2D eigenvalue weighted by Gasteiger charge is 2.28. The molecule has 0 atom stereocenters. The zero-order chi connectivity index (χ0) is 17.7. The molecule has 1 aromatic heterocycles. The molecule has 0 radical (unpaired) electrons. The molecule has 4 heteroatoms. The van der Waals surface area contributed by atoms with E-state index in [0.29, 0.717) is 13.1 Å². The minimum absolute atomic E-state index is 0.109. The minimum atomic E-state index is -0.461. The van der Waals surface area contributed by atoms with Crippen molar-refractivity contribution in [3.05, 3.63) is 35.0 Å². The first-order chi connectivity index (χ1) is 11.0. The monoisotopic (exact) mass is 328 g/mol. The highest BCUT2D eigenvalue weighted by Crippen LogP contribution is 2.32. The van der Waals surface area contributed by atoms with Crippen LogP contribution in [0.3, 0.4) is 0 Å². The summed E-state index contributed by atoms with van der Waals surface area (Å²) in [7, 11) is 0. The first kappa shape index (κ1) is 16.9. The summed E-state index contributed by atoms with van der Waals surface area (Å²) in [6.45, 7) is 13.7. The molecule has 0 spiro atoms. The minimum Gasteiger partial charge on any atom is -0.444 e. The van der Waals surface area contributed by atoms with E-state index in [1.165, 1.54) is 22.2 Å². The Bertz CT molecular complexity index is 775. The maximum Gasteiger partial charge on any atom is 0.410 e. The number of aromatic amines is 1. The normalized spacial score (nSPS) is 15.5. The van der Waals surface area contributed by atoms with E-state index < -0.39 is 5.60 Å². The van der Waals surface area contributed by atoms with Crippen LogP contribution in [0, 0.1) is 0 Å². The number of carbonyl (C=O) groups excluding carboxylic acids is 1. The smallest absolute Gasteiger partial charge is 0.410 e. The SMILES string of the molecule is CC(C)(C)OC(=O)N1CCc2[nH]c3ccc(C(C)(C)C)cc3c2C1. The summed E-state index contributed by atoms with van der Waals surface area (Å²) in [5, 5.41) is 1.23. The van der Waals surface area contributed by atoms with Gasteiger partial charge in [-0.25, -0.2) is 4.79 Å². The van der Waals surface area contributed by atoms with E-state index >= 15 is 0 Å². The Labute approximate surface area is 144 Å². The van der Waals surface area contributed by atoms with Crippen LogP contribution >= 0.6 is 0 Å². The molecule has 1 amide bonds. The molecule has 24 heavy (non-hydrogen) atoms. The second-order valence-corrected chi connectivity index (χ2v) is 8.74. The van der Waals surface area contributed by atoms with Crippen molar-refractivity contribution in [2.45, 2.75) is 65.5 Å². The van der Waals surface area contributed by atoms with Crippen LogP contribution < -0.4 is 0 Å². The first-order valence-electron chi connectivity index (χ1n) is 8.66. The zero-order valence-electron chi connectivity index (χ0n) is 15.6. The van der Waals surface area contributed by atoms with Crippen LogP contribution in [0.1, 0.15) is 58.4 Å². The summed E-state index contributed by atoms with van der Waals surface area (Å²) in [6, 6.07) is 6.62. The predicted octanol–water partition coefficient (Wildman–Crippen LogP) is 4.76. The molecule has 0 unspecified atom stereocenters. The van der Waals surface area contributed by atoms with Gasteiger partial charge in [0, 0.05) is 35.1 Å². The number of hydrogen-bond donors (Lipinski definition) is 1. The van der Waals surface area contributed by atoms with Crippen LogP contribution in [-0.2, 0) is 23.1 Å². The van der Waals surface area contributed by atoms with Crippen molar-refractivity contribution in [3.8, 4) is 0 Å². The lowest BCUT2D eigenvalue weighted by atomic mass is 9.86. The van der Waals surface area contributed by atoms with Crippen molar-refractivity contribution in [1.82, 2.24) is 9.88 Å². The number of H-pyrrole nitrogens is 1. The van der Waals surface area contributed by atoms with Crippen molar-refractivity contribution in [1.29, 1.82) is 0 Å². The summed E-state index contributed by atoms with van der Waals surface area (Å²) in [5.74, 6) is 0. The van der Waals surface area contributed by atoms with Crippen molar-refractivity contribution >= 4 is 17.0 Å². The quantitative estimate of drug-likeness (QED) is 0.758. The maximum absolute atomic E-state index is 12.4. The number of fused-ring (bicyclic) bond motifs is 3. The van der Waals surface area contributed by atoms with E-state index in [1.807, 2.05) is 25.7 Å². The van der Waals surface area contributed by atoms with Gasteiger partial charge in [-0.3, -0.25) is 0 Å². The van der Waals surface area contributed by atoms with E-state index in [4.69, 9.17) is 4.74 Å². The number of aromatic nitrogens is 1. The number of carbonyl (C=O) groups is 1. The van der Waals surface area contributed by atoms with E-state index in [1.54, 1.807) is 0 Å². The second kappa shape index (κ2) is 5.54. The Kier molecular flexibility index (Phi) is 3.89. The summed E-state index contributed by atoms with van der Waals surface area (Å²) in [6.07, 6.45) is 0.614. The molecule has 1 aliphatic heterocycles. The summed E-state index contributed by atoms with van der Waals surface area (Å²) in [4.78, 5) is 17.7. The van der Waals surface area contributed by atoms with E-state index in [9.17, 15) is 4.79 Å². The van der Waals surface area contributed by atoms with Crippen molar-refractivity contribution in [2.24, 2.45) is 0 Å². The molecule has 0 fully saturated rings. The molecular weight excluding hydrogens is 300 g/mol. The molecule has 1 N–H and O–H groups in total. The van der Waals surface area contributed by atoms with Gasteiger partial charge in [0.25, 0.3) is 0 Å². The van der Waals surface area contributed by atoms with Gasteiger partial charge in [0.2, 0.25) is 0 Å². The zero-order valence-corrected chi connectivity index (χ0v) is 15.6. The Hall–Kier alpha value is -1.97. The molecule has 130 valence electrons. The van der Waals surface area contributed by atoms with Crippen molar-refractivity contribution in [3.63, 3.8) is 0 Å². The molecule has 2 aromatic rings. The molecule has 0 bridgehead atoms. The van der Waals surface area contributed by atoms with Gasteiger partial charge in [0.15, 0.2) is 0 Å². The lowest BCUT2D eigenvalue weighted by Gasteiger charge is -2.30. The lowest BCUT2D eigenvalue weighted by Crippen LogP contribution is -2.39. The molecule has 1 aromatic carbocycles. The Morgan fingerprint density at radius 2 is 1.88 bits per heavy atom. The second-order valence-electron chi connectivity index (χ2n) is 8.74. The van der Waals surface area contributed by atoms with E-state index in [-0.39, 0.29) is 11.5 Å². The van der Waals surface area contributed by atoms with Gasteiger partial charge in [0.1, 0.15) is 5.60 Å². The Morgan fingerprint density at radius 3 is 2.50 bits per heavy atom. The number of nitrogens with zero attached hydrogens (tertiary/aromatic N) is 1. The third-order valence-corrected chi connectivity index (χ3v) is 4.49. The predicted molar refractivity (Wildman–Crippen MR) is 97.3 cm³/mol. The topological polar surface area (TPSA) is 45.3 Å². The Morgan fingerprint density at radius 1 is 1.17 bits per heavy atom. The van der Waals surface area contributed by atoms with Crippen LogP contribution in [0.4, 0.5) is 4.79 Å². The van der Waals surface area contributed by atoms with Crippen LogP contribution in [0.2, 0.25) is 0 Å². The van der Waals surface area contributed by atoms with Gasteiger partial charge in [-0.1, -0.05) is 26.8 Å². The third-order valence-electron chi connectivity index (χ3n) is 4.49. The van der Waals surface area contributed by atoms with E-state index in [2.05, 4.69) is 44.0 Å². The number of amides is 1. The van der Waals surface area contributed by atoms with Gasteiger partial charge < -0.3 is 14.6 Å². The highest BCUT2D eigenvalue weighted by molar-refractivity contribution is 5.86. The van der Waals surface area contributed by atoms with Gasteiger partial charge in [-0.2, -0.15) is 0 Å². The first-order valence-corrected chi connectivity index (χ1v) is 8.66. The number of benzene rings is 1. The summed E-state index contributed by atoms with van der Waals surface area (Å²) < 4.78 is 5.54. The van der Waals surface area contributed by atoms with Crippen molar-refractivity contribution in [2.75, 3.05) is 6.54 Å². The molecule has 4 nitrogen and oxygen atoms in total. The number of rotatable bonds is 0. The van der Waals surface area contributed by atoms with Crippen molar-refractivity contribution < 1.29 is 9.53 Å². The van der Waals surface area contributed by atoms with Gasteiger partial charge in [-0.15, -0.1) is 0 Å². The van der Waals surface area contributed by atoms with E-state index in [0.717, 1.165) is 11.9 Å². The highest BCUT2D eigenvalue weighted by atomic mass is 16.6. The number of nitrogens with one attached hydrogen (secondary N) is 1. The number of hydrogen-bond acceptors (Lipinski definition) is 2. The Balaban J connectivity index is 1.93. The summed E-state index contributed by atoms with van der Waals surface area (Å²) in [5.41, 5.74) is 4.59. The molecule has 2 heterocycles. The number of ether oxygens (including phenoxy) is 1. The molecule has 3 rings (SSSR count). The van der Waals surface area contributed by atoms with Crippen LogP contribution in [-0.4, -0.2) is 28.1 Å². The summed E-state index contributed by atoms with van der Waals surface area (Å²) >= 11 is 0. The average molecular weight is 328 g/mol. The molecular formula is C20H28N2O2. The van der Waals surface area contributed by atoms with Crippen LogP contribution in [0.5, 0.6) is 0 Å². The fraction of sp³-hybridized carbons (Fsp3) is 0.550. The largest absolute Gasteiger partial charge is 0.444 e. The standard InChI is InChI=1S/C20H28N2O2/c1-19(2,3)13-7-8-16-14(11-13)15-12-22(10-9-17(15)21-16)18(23)24-20(4,5)6/h7-8,11,21H,9-10,12H2,1-6H3. The molecule has 1 aliphatic rings. The maximum atomic E-state index is 12.4.